The first-order valence-corrected chi connectivity index (χ1v) is 6.24. The van der Waals surface area contributed by atoms with Crippen LogP contribution in [0.3, 0.4) is 0 Å². The molecule has 3 heteroatoms. The maximum atomic E-state index is 5.53. The van der Waals surface area contributed by atoms with Crippen molar-refractivity contribution in [1.29, 1.82) is 0 Å². The highest BCUT2D eigenvalue weighted by molar-refractivity contribution is 8.00. The van der Waals surface area contributed by atoms with E-state index in [-0.39, 0.29) is 0 Å². The predicted octanol–water partition coefficient (Wildman–Crippen LogP) is 1.55. The largest absolute Gasteiger partial charge is 0.329 e. The van der Waals surface area contributed by atoms with Crippen LogP contribution in [0.2, 0.25) is 0 Å². The number of nitrogens with two attached hydrogens (primary N) is 1. The van der Waals surface area contributed by atoms with Crippen LogP contribution >= 0.6 is 11.8 Å². The molecule has 78 valence electrons. The summed E-state index contributed by atoms with van der Waals surface area (Å²) in [6, 6.07) is 0. The Morgan fingerprint density at radius 1 is 1.38 bits per heavy atom. The van der Waals surface area contributed by atoms with Crippen LogP contribution in [0.1, 0.15) is 26.7 Å². The third kappa shape index (κ3) is 4.34. The first kappa shape index (κ1) is 11.3. The molecule has 0 aliphatic carbocycles. The van der Waals surface area contributed by atoms with Gasteiger partial charge in [-0.2, -0.15) is 11.8 Å². The highest BCUT2D eigenvalue weighted by Gasteiger charge is 2.19. The number of nitrogens with zero attached hydrogens (tertiary/aromatic N) is 1. The van der Waals surface area contributed by atoms with E-state index in [1.165, 1.54) is 25.9 Å². The monoisotopic (exact) mass is 202 g/mol. The Kier molecular flexibility index (Phi) is 5.14. The van der Waals surface area contributed by atoms with E-state index in [1.54, 1.807) is 0 Å². The van der Waals surface area contributed by atoms with Crippen molar-refractivity contribution in [2.24, 2.45) is 5.73 Å². The van der Waals surface area contributed by atoms with Crippen molar-refractivity contribution in [2.75, 3.05) is 26.2 Å². The minimum atomic E-state index is 0.783. The Balaban J connectivity index is 2.15. The number of piperidine rings is 1. The smallest absolute Gasteiger partial charge is 0.0105 e. The highest BCUT2D eigenvalue weighted by atomic mass is 32.2. The maximum Gasteiger partial charge on any atom is 0.0105 e. The highest BCUT2D eigenvalue weighted by Crippen LogP contribution is 2.26. The quantitative estimate of drug-likeness (QED) is 0.750. The summed E-state index contributed by atoms with van der Waals surface area (Å²) in [4.78, 5) is 2.48. The predicted molar refractivity (Wildman–Crippen MR) is 61.2 cm³/mol. The lowest BCUT2D eigenvalue weighted by Gasteiger charge is -2.31. The van der Waals surface area contributed by atoms with Gasteiger partial charge in [-0.15, -0.1) is 0 Å². The maximum absolute atomic E-state index is 5.53. The van der Waals surface area contributed by atoms with Crippen molar-refractivity contribution in [1.82, 2.24) is 4.90 Å². The normalized spacial score (nSPS) is 21.2. The lowest BCUT2D eigenvalue weighted by Crippen LogP contribution is -2.38. The van der Waals surface area contributed by atoms with Crippen molar-refractivity contribution in [3.63, 3.8) is 0 Å². The van der Waals surface area contributed by atoms with Crippen LogP contribution in [-0.4, -0.2) is 41.6 Å². The second-order valence-electron chi connectivity index (χ2n) is 4.01. The van der Waals surface area contributed by atoms with Crippen LogP contribution in [0.25, 0.3) is 0 Å². The van der Waals surface area contributed by atoms with Crippen LogP contribution in [0.4, 0.5) is 0 Å². The molecule has 0 amide bonds. The fraction of sp³-hybridized carbons (Fsp3) is 1.00. The molecule has 1 saturated heterocycles. The molecule has 0 spiro atoms. The van der Waals surface area contributed by atoms with E-state index in [9.17, 15) is 0 Å². The first-order valence-electron chi connectivity index (χ1n) is 5.30. The Hall–Kier alpha value is 0.270. The number of hydrogen-bond donors (Lipinski definition) is 1. The third-order valence-corrected chi connectivity index (χ3v) is 3.85. The Morgan fingerprint density at radius 3 is 2.46 bits per heavy atom. The molecule has 0 aromatic rings. The van der Waals surface area contributed by atoms with Crippen LogP contribution < -0.4 is 5.73 Å². The molecule has 1 aliphatic heterocycles. The molecule has 0 radical (unpaired) electrons. The number of likely N-dealkylation sites (tertiary alicyclic amines) is 1. The Bertz CT molecular complexity index is 131. The van der Waals surface area contributed by atoms with Gasteiger partial charge in [0, 0.05) is 18.3 Å². The number of thioether (sulfide) groups is 1. The van der Waals surface area contributed by atoms with Crippen LogP contribution in [0, 0.1) is 0 Å². The molecule has 0 bridgehead atoms. The summed E-state index contributed by atoms with van der Waals surface area (Å²) in [6.07, 6.45) is 2.70. The van der Waals surface area contributed by atoms with Crippen molar-refractivity contribution in [2.45, 2.75) is 37.2 Å². The van der Waals surface area contributed by atoms with Gasteiger partial charge in [-0.1, -0.05) is 13.8 Å². The van der Waals surface area contributed by atoms with E-state index in [0.29, 0.717) is 0 Å². The molecule has 1 heterocycles. The summed E-state index contributed by atoms with van der Waals surface area (Å²) < 4.78 is 0. The molecular formula is C10H22N2S. The lowest BCUT2D eigenvalue weighted by molar-refractivity contribution is 0.239. The van der Waals surface area contributed by atoms with E-state index < -0.39 is 0 Å². The molecule has 2 N–H and O–H groups in total. The van der Waals surface area contributed by atoms with Gasteiger partial charge < -0.3 is 10.6 Å². The second kappa shape index (κ2) is 5.89. The van der Waals surface area contributed by atoms with Gasteiger partial charge >= 0.3 is 0 Å². The van der Waals surface area contributed by atoms with E-state index in [2.05, 4.69) is 30.5 Å². The fourth-order valence-corrected chi connectivity index (χ4v) is 3.09. The zero-order valence-electron chi connectivity index (χ0n) is 8.83. The summed E-state index contributed by atoms with van der Waals surface area (Å²) in [5.74, 6) is 0. The third-order valence-electron chi connectivity index (χ3n) is 2.44. The molecule has 0 saturated carbocycles. The molecule has 0 unspecified atom stereocenters. The summed E-state index contributed by atoms with van der Waals surface area (Å²) >= 11 is 2.14. The van der Waals surface area contributed by atoms with Crippen molar-refractivity contribution in [3.05, 3.63) is 0 Å². The van der Waals surface area contributed by atoms with Crippen LogP contribution in [0.5, 0.6) is 0 Å². The average Bonchev–Trinajstić information content (AvgIpc) is 2.08. The van der Waals surface area contributed by atoms with Crippen molar-refractivity contribution >= 4 is 11.8 Å². The van der Waals surface area contributed by atoms with E-state index in [4.69, 9.17) is 5.73 Å². The molecule has 0 aromatic carbocycles. The molecule has 1 fully saturated rings. The zero-order valence-corrected chi connectivity index (χ0v) is 9.65. The van der Waals surface area contributed by atoms with E-state index in [1.807, 2.05) is 0 Å². The summed E-state index contributed by atoms with van der Waals surface area (Å²) in [7, 11) is 0. The Morgan fingerprint density at radius 2 is 2.00 bits per heavy atom. The SMILES string of the molecule is CC(C)SC1CCN(CCN)CC1. The van der Waals surface area contributed by atoms with Gasteiger partial charge in [-0.3, -0.25) is 0 Å². The van der Waals surface area contributed by atoms with Gasteiger partial charge in [0.2, 0.25) is 0 Å². The number of hydrogen-bond acceptors (Lipinski definition) is 3. The molecule has 0 atom stereocenters. The van der Waals surface area contributed by atoms with E-state index in [0.717, 1.165) is 23.6 Å². The van der Waals surface area contributed by atoms with Gasteiger partial charge in [0.05, 0.1) is 0 Å². The van der Waals surface area contributed by atoms with Gasteiger partial charge in [0.1, 0.15) is 0 Å². The Labute approximate surface area is 86.2 Å². The summed E-state index contributed by atoms with van der Waals surface area (Å²) in [5, 5.41) is 1.68. The molecular weight excluding hydrogens is 180 g/mol. The topological polar surface area (TPSA) is 29.3 Å². The second-order valence-corrected chi connectivity index (χ2v) is 5.90. The average molecular weight is 202 g/mol. The molecule has 1 aliphatic rings. The standard InChI is InChI=1S/C10H22N2S/c1-9(2)13-10-3-6-12(7-4-10)8-5-11/h9-10H,3-8,11H2,1-2H3. The number of rotatable bonds is 4. The van der Waals surface area contributed by atoms with Gasteiger partial charge in [0.25, 0.3) is 0 Å². The zero-order chi connectivity index (χ0) is 9.68. The summed E-state index contributed by atoms with van der Waals surface area (Å²) in [6.45, 7) is 8.97. The van der Waals surface area contributed by atoms with Crippen molar-refractivity contribution < 1.29 is 0 Å². The molecule has 2 nitrogen and oxygen atoms in total. The van der Waals surface area contributed by atoms with E-state index >= 15 is 0 Å². The molecule has 0 aromatic heterocycles. The summed E-state index contributed by atoms with van der Waals surface area (Å²) in [5.41, 5.74) is 5.53. The minimum absolute atomic E-state index is 0.783. The minimum Gasteiger partial charge on any atom is -0.329 e. The fourth-order valence-electron chi connectivity index (χ4n) is 1.84. The van der Waals surface area contributed by atoms with Crippen molar-refractivity contribution in [3.8, 4) is 0 Å². The molecule has 13 heavy (non-hydrogen) atoms. The first-order chi connectivity index (χ1) is 6.22. The van der Waals surface area contributed by atoms with Gasteiger partial charge in [-0.05, 0) is 31.2 Å². The lowest BCUT2D eigenvalue weighted by atomic mass is 10.1. The van der Waals surface area contributed by atoms with Gasteiger partial charge in [-0.25, -0.2) is 0 Å². The van der Waals surface area contributed by atoms with Gasteiger partial charge in [0.15, 0.2) is 0 Å². The molecule has 1 rings (SSSR count). The van der Waals surface area contributed by atoms with Crippen LogP contribution in [-0.2, 0) is 0 Å². The van der Waals surface area contributed by atoms with Crippen LogP contribution in [0.15, 0.2) is 0 Å².